The molecular weight excluding hydrogens is 321 g/mol. The first-order chi connectivity index (χ1) is 10.7. The van der Waals surface area contributed by atoms with Gasteiger partial charge in [0.1, 0.15) is 18.2 Å². The number of nitrogens with one attached hydrogen (secondary N) is 1. The Balaban J connectivity index is 1.66. The molecular formula is C16H13Cl2N3O. The second kappa shape index (κ2) is 6.81. The molecule has 2 aromatic carbocycles. The van der Waals surface area contributed by atoms with Gasteiger partial charge in [0.05, 0.1) is 17.1 Å². The molecule has 0 aliphatic carbocycles. The summed E-state index contributed by atoms with van der Waals surface area (Å²) in [6.45, 7) is 1.03. The Hall–Kier alpha value is -2.04. The van der Waals surface area contributed by atoms with Crippen molar-refractivity contribution >= 4 is 39.9 Å². The maximum Gasteiger partial charge on any atom is 0.224 e. The van der Waals surface area contributed by atoms with Crippen LogP contribution in [-0.4, -0.2) is 23.1 Å². The van der Waals surface area contributed by atoms with Crippen molar-refractivity contribution in [3.8, 4) is 5.75 Å². The first kappa shape index (κ1) is 14.9. The van der Waals surface area contributed by atoms with E-state index in [4.69, 9.17) is 27.9 Å². The average molecular weight is 334 g/mol. The number of nitrogens with zero attached hydrogens (tertiary/aromatic N) is 2. The number of hydrogen-bond acceptors (Lipinski definition) is 4. The van der Waals surface area contributed by atoms with Crippen LogP contribution in [0.4, 0.5) is 5.82 Å². The second-order valence-electron chi connectivity index (χ2n) is 4.56. The Bertz CT molecular complexity index is 795. The molecule has 22 heavy (non-hydrogen) atoms. The lowest BCUT2D eigenvalue weighted by Crippen LogP contribution is -2.13. The van der Waals surface area contributed by atoms with Crippen LogP contribution in [0.5, 0.6) is 5.75 Å². The number of benzene rings is 2. The summed E-state index contributed by atoms with van der Waals surface area (Å²) in [5.74, 6) is 1.36. The Labute approximate surface area is 138 Å². The van der Waals surface area contributed by atoms with Gasteiger partial charge in [-0.25, -0.2) is 9.97 Å². The molecule has 1 aromatic heterocycles. The maximum atomic E-state index is 6.04. The molecule has 0 saturated carbocycles. The lowest BCUT2D eigenvalue weighted by Gasteiger charge is -2.11. The van der Waals surface area contributed by atoms with Crippen LogP contribution in [-0.2, 0) is 0 Å². The van der Waals surface area contributed by atoms with Gasteiger partial charge in [-0.2, -0.15) is 0 Å². The fourth-order valence-corrected chi connectivity index (χ4v) is 2.44. The van der Waals surface area contributed by atoms with Crippen molar-refractivity contribution in [1.29, 1.82) is 0 Å². The Morgan fingerprint density at radius 3 is 2.59 bits per heavy atom. The van der Waals surface area contributed by atoms with Gasteiger partial charge in [0.15, 0.2) is 0 Å². The molecule has 3 rings (SSSR count). The first-order valence-electron chi connectivity index (χ1n) is 6.77. The molecule has 4 nitrogen and oxygen atoms in total. The normalized spacial score (nSPS) is 10.6. The molecule has 0 unspecified atom stereocenters. The summed E-state index contributed by atoms with van der Waals surface area (Å²) in [6.07, 6.45) is 0. The number of rotatable bonds is 5. The fourth-order valence-electron chi connectivity index (χ4n) is 2.08. The van der Waals surface area contributed by atoms with Gasteiger partial charge < -0.3 is 10.1 Å². The van der Waals surface area contributed by atoms with Crippen molar-refractivity contribution in [2.24, 2.45) is 0 Å². The second-order valence-corrected chi connectivity index (χ2v) is 5.31. The van der Waals surface area contributed by atoms with Crippen molar-refractivity contribution in [1.82, 2.24) is 9.97 Å². The highest BCUT2D eigenvalue weighted by atomic mass is 35.5. The van der Waals surface area contributed by atoms with Crippen molar-refractivity contribution in [3.63, 3.8) is 0 Å². The van der Waals surface area contributed by atoms with E-state index in [1.807, 2.05) is 42.5 Å². The van der Waals surface area contributed by atoms with Crippen LogP contribution in [0.2, 0.25) is 10.3 Å². The van der Waals surface area contributed by atoms with Crippen molar-refractivity contribution < 1.29 is 4.74 Å². The molecule has 0 radical (unpaired) electrons. The summed E-state index contributed by atoms with van der Waals surface area (Å²) in [7, 11) is 0. The van der Waals surface area contributed by atoms with Crippen LogP contribution < -0.4 is 10.1 Å². The van der Waals surface area contributed by atoms with Crippen LogP contribution in [0.1, 0.15) is 0 Å². The quantitative estimate of drug-likeness (QED) is 0.554. The molecule has 3 aromatic rings. The SMILES string of the molecule is Clc1nc(NCCOc2ccccc2Cl)c2ccccc2n1. The van der Waals surface area contributed by atoms with Crippen molar-refractivity contribution in [2.45, 2.75) is 0 Å². The van der Waals surface area contributed by atoms with E-state index in [1.54, 1.807) is 6.07 Å². The summed E-state index contributed by atoms with van der Waals surface area (Å²) in [5.41, 5.74) is 0.803. The summed E-state index contributed by atoms with van der Waals surface area (Å²) in [4.78, 5) is 8.41. The summed E-state index contributed by atoms with van der Waals surface area (Å²) in [5, 5.41) is 4.95. The Kier molecular flexibility index (Phi) is 4.61. The standard InChI is InChI=1S/C16H13Cl2N3O/c17-12-6-2-4-8-14(12)22-10-9-19-15-11-5-1-3-7-13(11)20-16(18)21-15/h1-8H,9-10H2,(H,19,20,21). The van der Waals surface area contributed by atoms with Gasteiger partial charge in [-0.15, -0.1) is 0 Å². The zero-order chi connectivity index (χ0) is 15.4. The predicted octanol–water partition coefficient (Wildman–Crippen LogP) is 4.43. The van der Waals surface area contributed by atoms with E-state index in [0.29, 0.717) is 29.7 Å². The minimum absolute atomic E-state index is 0.216. The number of halogens is 2. The van der Waals surface area contributed by atoms with E-state index in [-0.39, 0.29) is 5.28 Å². The molecule has 0 saturated heterocycles. The monoisotopic (exact) mass is 333 g/mol. The van der Waals surface area contributed by atoms with E-state index in [1.165, 1.54) is 0 Å². The molecule has 0 fully saturated rings. The third-order valence-corrected chi connectivity index (χ3v) is 3.55. The smallest absolute Gasteiger partial charge is 0.224 e. The number of fused-ring (bicyclic) bond motifs is 1. The molecule has 6 heteroatoms. The molecule has 1 N–H and O–H groups in total. The maximum absolute atomic E-state index is 6.04. The molecule has 0 spiro atoms. The molecule has 0 aliphatic rings. The summed E-state index contributed by atoms with van der Waals surface area (Å²) < 4.78 is 5.63. The van der Waals surface area contributed by atoms with Crippen molar-refractivity contribution in [3.05, 3.63) is 58.8 Å². The fraction of sp³-hybridized carbons (Fsp3) is 0.125. The van der Waals surface area contributed by atoms with Crippen LogP contribution in [0.15, 0.2) is 48.5 Å². The highest BCUT2D eigenvalue weighted by molar-refractivity contribution is 6.32. The first-order valence-corrected chi connectivity index (χ1v) is 7.53. The third-order valence-electron chi connectivity index (χ3n) is 3.06. The number of ether oxygens (including phenoxy) is 1. The highest BCUT2D eigenvalue weighted by Crippen LogP contribution is 2.23. The lowest BCUT2D eigenvalue weighted by molar-refractivity contribution is 0.333. The number of para-hydroxylation sites is 2. The van der Waals surface area contributed by atoms with Gasteiger partial charge >= 0.3 is 0 Å². The van der Waals surface area contributed by atoms with Gasteiger partial charge in [-0.05, 0) is 35.9 Å². The zero-order valence-electron chi connectivity index (χ0n) is 11.6. The minimum atomic E-state index is 0.216. The van der Waals surface area contributed by atoms with Crippen LogP contribution in [0.3, 0.4) is 0 Å². The average Bonchev–Trinajstić information content (AvgIpc) is 2.53. The molecule has 0 atom stereocenters. The van der Waals surface area contributed by atoms with E-state index < -0.39 is 0 Å². The molecule has 112 valence electrons. The summed E-state index contributed by atoms with van der Waals surface area (Å²) in [6, 6.07) is 15.1. The van der Waals surface area contributed by atoms with E-state index in [2.05, 4.69) is 15.3 Å². The van der Waals surface area contributed by atoms with Crippen LogP contribution in [0, 0.1) is 0 Å². The van der Waals surface area contributed by atoms with Gasteiger partial charge in [0.2, 0.25) is 5.28 Å². The number of aromatic nitrogens is 2. The largest absolute Gasteiger partial charge is 0.490 e. The molecule has 0 aliphatic heterocycles. The van der Waals surface area contributed by atoms with Crippen LogP contribution >= 0.6 is 23.2 Å². The minimum Gasteiger partial charge on any atom is -0.490 e. The van der Waals surface area contributed by atoms with Crippen molar-refractivity contribution in [2.75, 3.05) is 18.5 Å². The van der Waals surface area contributed by atoms with Gasteiger partial charge in [0, 0.05) is 5.39 Å². The van der Waals surface area contributed by atoms with Gasteiger partial charge in [-0.3, -0.25) is 0 Å². The van der Waals surface area contributed by atoms with Gasteiger partial charge in [0.25, 0.3) is 0 Å². The molecule has 1 heterocycles. The van der Waals surface area contributed by atoms with E-state index >= 15 is 0 Å². The summed E-state index contributed by atoms with van der Waals surface area (Å²) >= 11 is 12.0. The van der Waals surface area contributed by atoms with E-state index in [9.17, 15) is 0 Å². The predicted molar refractivity (Wildman–Crippen MR) is 90.0 cm³/mol. The Morgan fingerprint density at radius 1 is 0.955 bits per heavy atom. The number of hydrogen-bond donors (Lipinski definition) is 1. The van der Waals surface area contributed by atoms with Crippen LogP contribution in [0.25, 0.3) is 10.9 Å². The van der Waals surface area contributed by atoms with Gasteiger partial charge in [-0.1, -0.05) is 35.9 Å². The number of anilines is 1. The topological polar surface area (TPSA) is 47.0 Å². The Morgan fingerprint density at radius 2 is 1.73 bits per heavy atom. The zero-order valence-corrected chi connectivity index (χ0v) is 13.1. The molecule has 0 bridgehead atoms. The lowest BCUT2D eigenvalue weighted by atomic mass is 10.2. The molecule has 0 amide bonds. The highest BCUT2D eigenvalue weighted by Gasteiger charge is 2.06. The van der Waals surface area contributed by atoms with E-state index in [0.717, 1.165) is 10.9 Å². The third kappa shape index (κ3) is 3.40.